The first-order valence-electron chi connectivity index (χ1n) is 10.6. The molecular formula is C23H26N4O3S. The lowest BCUT2D eigenvalue weighted by Crippen LogP contribution is -2.28. The highest BCUT2D eigenvalue weighted by molar-refractivity contribution is 7.99. The number of aromatic nitrogens is 3. The predicted molar refractivity (Wildman–Crippen MR) is 121 cm³/mol. The van der Waals surface area contributed by atoms with E-state index in [1.54, 1.807) is 22.7 Å². The van der Waals surface area contributed by atoms with E-state index in [0.717, 1.165) is 40.4 Å². The Kier molecular flexibility index (Phi) is 6.89. The summed E-state index contributed by atoms with van der Waals surface area (Å²) in [5.41, 5.74) is 1.41. The van der Waals surface area contributed by atoms with E-state index in [1.807, 2.05) is 55.5 Å². The molecule has 162 valence electrons. The van der Waals surface area contributed by atoms with Gasteiger partial charge in [0.05, 0.1) is 5.69 Å². The smallest absolute Gasteiger partial charge is 0.350 e. The molecule has 0 spiro atoms. The van der Waals surface area contributed by atoms with Crippen molar-refractivity contribution in [2.75, 3.05) is 18.5 Å². The van der Waals surface area contributed by atoms with Crippen LogP contribution in [-0.4, -0.2) is 33.5 Å². The number of benzene rings is 2. The normalized spacial score (nSPS) is 14.5. The van der Waals surface area contributed by atoms with E-state index in [4.69, 9.17) is 4.74 Å². The van der Waals surface area contributed by atoms with E-state index in [2.05, 4.69) is 10.4 Å². The lowest BCUT2D eigenvalue weighted by molar-refractivity contribution is -0.122. The van der Waals surface area contributed by atoms with Crippen LogP contribution in [-0.2, 0) is 16.1 Å². The molecule has 1 amide bonds. The summed E-state index contributed by atoms with van der Waals surface area (Å²) in [6.45, 7) is 3.99. The molecule has 4 rings (SSSR count). The number of nitrogens with one attached hydrogen (secondary N) is 1. The number of amides is 1. The molecule has 0 radical (unpaired) electrons. The second-order valence-electron chi connectivity index (χ2n) is 7.52. The van der Waals surface area contributed by atoms with Gasteiger partial charge in [-0.1, -0.05) is 24.8 Å². The van der Waals surface area contributed by atoms with Crippen molar-refractivity contribution < 1.29 is 9.53 Å². The number of carbonyl (C=O) groups excluding carboxylic acids is 1. The van der Waals surface area contributed by atoms with E-state index in [0.29, 0.717) is 19.8 Å². The number of aryl methyl sites for hydroxylation is 1. The monoisotopic (exact) mass is 438 g/mol. The van der Waals surface area contributed by atoms with Crippen molar-refractivity contribution in [3.05, 3.63) is 65.3 Å². The van der Waals surface area contributed by atoms with Crippen LogP contribution in [0.2, 0.25) is 0 Å². The zero-order chi connectivity index (χ0) is 21.6. The van der Waals surface area contributed by atoms with Crippen molar-refractivity contribution in [2.24, 2.45) is 5.92 Å². The summed E-state index contributed by atoms with van der Waals surface area (Å²) in [4.78, 5) is 26.9. The molecule has 7 nitrogen and oxygen atoms in total. The molecule has 31 heavy (non-hydrogen) atoms. The molecule has 0 atom stereocenters. The largest absolute Gasteiger partial charge is 0.381 e. The minimum absolute atomic E-state index is 0.0156. The van der Waals surface area contributed by atoms with Gasteiger partial charge in [0.2, 0.25) is 5.91 Å². The maximum Gasteiger partial charge on any atom is 0.350 e. The van der Waals surface area contributed by atoms with Crippen LogP contribution in [0, 0.1) is 5.92 Å². The van der Waals surface area contributed by atoms with Gasteiger partial charge in [0.15, 0.2) is 0 Å². The van der Waals surface area contributed by atoms with Crippen molar-refractivity contribution in [1.29, 1.82) is 0 Å². The first-order valence-corrected chi connectivity index (χ1v) is 11.4. The highest BCUT2D eigenvalue weighted by atomic mass is 32.2. The molecule has 0 aliphatic carbocycles. The summed E-state index contributed by atoms with van der Waals surface area (Å²) in [6.07, 6.45) is 4.00. The molecule has 0 bridgehead atoms. The SMILES string of the molecule is CCCn1cnn(-c2ccc(Sc3cccc(NC(=O)C4CCOCC4)c3)cc2)c1=O. The quantitative estimate of drug-likeness (QED) is 0.604. The predicted octanol–water partition coefficient (Wildman–Crippen LogP) is 3.96. The van der Waals surface area contributed by atoms with Gasteiger partial charge in [-0.05, 0) is 61.7 Å². The van der Waals surface area contributed by atoms with Gasteiger partial charge in [0.25, 0.3) is 0 Å². The number of hydrogen-bond donors (Lipinski definition) is 1. The lowest BCUT2D eigenvalue weighted by atomic mass is 9.99. The van der Waals surface area contributed by atoms with Crippen molar-refractivity contribution in [3.63, 3.8) is 0 Å². The molecule has 2 heterocycles. The highest BCUT2D eigenvalue weighted by Crippen LogP contribution is 2.30. The number of ether oxygens (including phenoxy) is 1. The maximum atomic E-state index is 12.5. The van der Waals surface area contributed by atoms with Crippen molar-refractivity contribution in [3.8, 4) is 5.69 Å². The average molecular weight is 439 g/mol. The number of rotatable bonds is 7. The van der Waals surface area contributed by atoms with Crippen LogP contribution < -0.4 is 11.0 Å². The van der Waals surface area contributed by atoms with Crippen LogP contribution in [0.1, 0.15) is 26.2 Å². The summed E-state index contributed by atoms with van der Waals surface area (Å²) in [5.74, 6) is 0.0737. The van der Waals surface area contributed by atoms with Crippen molar-refractivity contribution in [1.82, 2.24) is 14.3 Å². The van der Waals surface area contributed by atoms with E-state index >= 15 is 0 Å². The maximum absolute atomic E-state index is 12.5. The molecule has 0 saturated carbocycles. The second-order valence-corrected chi connectivity index (χ2v) is 8.67. The highest BCUT2D eigenvalue weighted by Gasteiger charge is 2.21. The Labute approximate surface area is 185 Å². The van der Waals surface area contributed by atoms with Gasteiger partial charge in [-0.2, -0.15) is 9.78 Å². The summed E-state index contributed by atoms with van der Waals surface area (Å²) in [5, 5.41) is 7.24. The summed E-state index contributed by atoms with van der Waals surface area (Å²) in [7, 11) is 0. The minimum Gasteiger partial charge on any atom is -0.381 e. The summed E-state index contributed by atoms with van der Waals surface area (Å²) in [6, 6.07) is 15.6. The Hall–Kier alpha value is -2.84. The number of hydrogen-bond acceptors (Lipinski definition) is 5. The van der Waals surface area contributed by atoms with Gasteiger partial charge in [-0.25, -0.2) is 4.79 Å². The van der Waals surface area contributed by atoms with Gasteiger partial charge in [0, 0.05) is 41.2 Å². The number of nitrogens with zero attached hydrogens (tertiary/aromatic N) is 3. The molecule has 1 aromatic heterocycles. The molecule has 2 aromatic carbocycles. The average Bonchev–Trinajstić information content (AvgIpc) is 3.16. The molecular weight excluding hydrogens is 412 g/mol. The third-order valence-electron chi connectivity index (χ3n) is 5.21. The third-order valence-corrected chi connectivity index (χ3v) is 6.21. The fourth-order valence-electron chi connectivity index (χ4n) is 3.54. The first-order chi connectivity index (χ1) is 15.1. The Bertz CT molecular complexity index is 1080. The third kappa shape index (κ3) is 5.26. The Morgan fingerprint density at radius 2 is 1.94 bits per heavy atom. The van der Waals surface area contributed by atoms with Gasteiger partial charge in [0.1, 0.15) is 6.33 Å². The zero-order valence-corrected chi connectivity index (χ0v) is 18.3. The van der Waals surface area contributed by atoms with Crippen LogP contribution in [0.15, 0.2) is 69.4 Å². The van der Waals surface area contributed by atoms with Crippen LogP contribution in [0.3, 0.4) is 0 Å². The number of carbonyl (C=O) groups is 1. The topological polar surface area (TPSA) is 78.2 Å². The first kappa shape index (κ1) is 21.4. The molecule has 1 aliphatic rings. The fourth-order valence-corrected chi connectivity index (χ4v) is 4.42. The fraction of sp³-hybridized carbons (Fsp3) is 0.348. The summed E-state index contributed by atoms with van der Waals surface area (Å²) >= 11 is 1.60. The molecule has 1 saturated heterocycles. The van der Waals surface area contributed by atoms with Crippen LogP contribution in [0.5, 0.6) is 0 Å². The van der Waals surface area contributed by atoms with E-state index in [9.17, 15) is 9.59 Å². The second kappa shape index (κ2) is 9.98. The number of anilines is 1. The lowest BCUT2D eigenvalue weighted by Gasteiger charge is -2.21. The van der Waals surface area contributed by atoms with Gasteiger partial charge in [-0.15, -0.1) is 0 Å². The molecule has 3 aromatic rings. The molecule has 1 N–H and O–H groups in total. The Morgan fingerprint density at radius 3 is 2.68 bits per heavy atom. The van der Waals surface area contributed by atoms with Gasteiger partial charge < -0.3 is 10.1 Å². The Morgan fingerprint density at radius 1 is 1.16 bits per heavy atom. The van der Waals surface area contributed by atoms with E-state index in [-0.39, 0.29) is 17.5 Å². The van der Waals surface area contributed by atoms with E-state index in [1.165, 1.54) is 4.68 Å². The zero-order valence-electron chi connectivity index (χ0n) is 17.5. The van der Waals surface area contributed by atoms with E-state index < -0.39 is 0 Å². The van der Waals surface area contributed by atoms with Crippen LogP contribution in [0.25, 0.3) is 5.69 Å². The molecule has 1 aliphatic heterocycles. The van der Waals surface area contributed by atoms with Crippen LogP contribution in [0.4, 0.5) is 5.69 Å². The molecule has 1 fully saturated rings. The Balaban J connectivity index is 1.42. The van der Waals surface area contributed by atoms with Crippen molar-refractivity contribution >= 4 is 23.4 Å². The molecule has 8 heteroatoms. The minimum atomic E-state index is -0.129. The molecule has 0 unspecified atom stereocenters. The standard InChI is InChI=1S/C23H26N4O3S/c1-2-12-26-16-24-27(23(26)29)19-6-8-20(9-7-19)31-21-5-3-4-18(15-21)25-22(28)17-10-13-30-14-11-17/h3-9,15-17H,2,10-14H2,1H3,(H,25,28). The van der Waals surface area contributed by atoms with Crippen LogP contribution >= 0.6 is 11.8 Å². The van der Waals surface area contributed by atoms with Crippen molar-refractivity contribution in [2.45, 2.75) is 42.5 Å². The summed E-state index contributed by atoms with van der Waals surface area (Å²) < 4.78 is 8.36. The van der Waals surface area contributed by atoms with Gasteiger partial charge >= 0.3 is 5.69 Å². The van der Waals surface area contributed by atoms with Gasteiger partial charge in [-0.3, -0.25) is 9.36 Å².